The van der Waals surface area contributed by atoms with Gasteiger partial charge in [-0.25, -0.2) is 9.48 Å². The highest BCUT2D eigenvalue weighted by molar-refractivity contribution is 5.88. The Morgan fingerprint density at radius 3 is 2.75 bits per heavy atom. The van der Waals surface area contributed by atoms with E-state index in [0.29, 0.717) is 13.2 Å². The van der Waals surface area contributed by atoms with Crippen LogP contribution in [0.25, 0.3) is 0 Å². The van der Waals surface area contributed by atoms with Crippen molar-refractivity contribution < 1.29 is 9.53 Å². The summed E-state index contributed by atoms with van der Waals surface area (Å²) in [5.41, 5.74) is 4.59. The van der Waals surface area contributed by atoms with E-state index in [1.165, 1.54) is 16.7 Å². The van der Waals surface area contributed by atoms with Crippen molar-refractivity contribution in [3.63, 3.8) is 0 Å². The maximum Gasteiger partial charge on any atom is 0.360 e. The molecule has 0 saturated heterocycles. The minimum atomic E-state index is -0.419. The number of hydrogen-bond acceptors (Lipinski definition) is 4. The first kappa shape index (κ1) is 14.2. The monoisotopic (exact) mass is 273 g/mol. The van der Waals surface area contributed by atoms with Crippen LogP contribution in [-0.2, 0) is 11.3 Å². The number of rotatable bonds is 4. The fourth-order valence-corrected chi connectivity index (χ4v) is 2.03. The van der Waals surface area contributed by atoms with Crippen molar-refractivity contribution in [3.05, 3.63) is 46.3 Å². The summed E-state index contributed by atoms with van der Waals surface area (Å²) in [5.74, 6) is -0.419. The highest BCUT2D eigenvalue weighted by atomic mass is 16.5. The molecule has 0 radical (unpaired) electrons. The van der Waals surface area contributed by atoms with Gasteiger partial charge in [0.05, 0.1) is 18.8 Å². The molecule has 0 bridgehead atoms. The molecule has 0 unspecified atom stereocenters. The lowest BCUT2D eigenvalue weighted by Crippen LogP contribution is -2.09. The predicted molar refractivity (Wildman–Crippen MR) is 75.7 cm³/mol. The van der Waals surface area contributed by atoms with Crippen LogP contribution in [0.3, 0.4) is 0 Å². The van der Waals surface area contributed by atoms with Crippen LogP contribution < -0.4 is 0 Å². The quantitative estimate of drug-likeness (QED) is 0.803. The van der Waals surface area contributed by atoms with Crippen LogP contribution in [0, 0.1) is 20.8 Å². The predicted octanol–water partition coefficient (Wildman–Crippen LogP) is 2.43. The number of carbonyl (C=O) groups excluding carboxylic acids is 1. The van der Waals surface area contributed by atoms with E-state index >= 15 is 0 Å². The maximum absolute atomic E-state index is 11.7. The van der Waals surface area contributed by atoms with Crippen molar-refractivity contribution >= 4 is 5.97 Å². The molecule has 0 amide bonds. The summed E-state index contributed by atoms with van der Waals surface area (Å²) < 4.78 is 6.69. The Balaban J connectivity index is 2.26. The molecule has 106 valence electrons. The average molecular weight is 273 g/mol. The van der Waals surface area contributed by atoms with Gasteiger partial charge in [0.25, 0.3) is 0 Å². The molecule has 5 heteroatoms. The Bertz CT molecular complexity index is 632. The summed E-state index contributed by atoms with van der Waals surface area (Å²) in [6.07, 6.45) is 0. The molecule has 1 aromatic heterocycles. The Kier molecular flexibility index (Phi) is 4.17. The average Bonchev–Trinajstić information content (AvgIpc) is 2.76. The van der Waals surface area contributed by atoms with Crippen LogP contribution >= 0.6 is 0 Å². The fraction of sp³-hybridized carbons (Fsp3) is 0.400. The third-order valence-corrected chi connectivity index (χ3v) is 3.28. The molecular formula is C15H19N3O2. The van der Waals surface area contributed by atoms with Gasteiger partial charge in [-0.05, 0) is 38.8 Å². The largest absolute Gasteiger partial charge is 0.461 e. The molecule has 0 N–H and O–H groups in total. The van der Waals surface area contributed by atoms with Gasteiger partial charge in [0.1, 0.15) is 0 Å². The Labute approximate surface area is 118 Å². The molecule has 0 aliphatic heterocycles. The summed E-state index contributed by atoms with van der Waals surface area (Å²) in [6.45, 7) is 8.66. The molecule has 0 atom stereocenters. The second kappa shape index (κ2) is 5.86. The molecule has 0 aliphatic carbocycles. The number of nitrogens with zero attached hydrogens (tertiary/aromatic N) is 3. The number of ether oxygens (including phenoxy) is 1. The van der Waals surface area contributed by atoms with E-state index in [2.05, 4.69) is 42.4 Å². The summed E-state index contributed by atoms with van der Waals surface area (Å²) in [5, 5.41) is 7.97. The van der Waals surface area contributed by atoms with E-state index in [0.717, 1.165) is 5.69 Å². The molecule has 0 aliphatic rings. The van der Waals surface area contributed by atoms with Gasteiger partial charge in [0.2, 0.25) is 0 Å². The van der Waals surface area contributed by atoms with Crippen LogP contribution in [0.15, 0.2) is 18.2 Å². The zero-order valence-corrected chi connectivity index (χ0v) is 12.3. The van der Waals surface area contributed by atoms with Gasteiger partial charge >= 0.3 is 5.97 Å². The summed E-state index contributed by atoms with van der Waals surface area (Å²) >= 11 is 0. The Morgan fingerprint density at radius 1 is 1.30 bits per heavy atom. The highest BCUT2D eigenvalue weighted by Gasteiger charge is 2.17. The van der Waals surface area contributed by atoms with Crippen molar-refractivity contribution in [1.82, 2.24) is 15.0 Å². The highest BCUT2D eigenvalue weighted by Crippen LogP contribution is 2.14. The molecule has 5 nitrogen and oxygen atoms in total. The molecule has 2 aromatic rings. The van der Waals surface area contributed by atoms with Gasteiger partial charge in [-0.3, -0.25) is 0 Å². The van der Waals surface area contributed by atoms with E-state index < -0.39 is 5.97 Å². The Hall–Kier alpha value is -2.17. The van der Waals surface area contributed by atoms with Crippen LogP contribution in [0.1, 0.15) is 39.8 Å². The van der Waals surface area contributed by atoms with Gasteiger partial charge in [0, 0.05) is 0 Å². The van der Waals surface area contributed by atoms with Crippen molar-refractivity contribution in [2.45, 2.75) is 34.2 Å². The lowest BCUT2D eigenvalue weighted by molar-refractivity contribution is 0.0518. The molecule has 0 saturated carbocycles. The molecular weight excluding hydrogens is 254 g/mol. The first-order chi connectivity index (χ1) is 9.52. The lowest BCUT2D eigenvalue weighted by atomic mass is 10.1. The van der Waals surface area contributed by atoms with E-state index in [1.807, 2.05) is 6.92 Å². The van der Waals surface area contributed by atoms with Gasteiger partial charge in [-0.2, -0.15) is 0 Å². The van der Waals surface area contributed by atoms with E-state index in [-0.39, 0.29) is 5.69 Å². The molecule has 0 spiro atoms. The van der Waals surface area contributed by atoms with Crippen molar-refractivity contribution in [2.75, 3.05) is 6.61 Å². The number of esters is 1. The number of hydrogen-bond donors (Lipinski definition) is 0. The molecule has 2 rings (SSSR count). The SMILES string of the molecule is CCOC(=O)c1nnn(Cc2cc(C)ccc2C)c1C. The van der Waals surface area contributed by atoms with Crippen molar-refractivity contribution in [3.8, 4) is 0 Å². The Morgan fingerprint density at radius 2 is 2.05 bits per heavy atom. The zero-order chi connectivity index (χ0) is 14.7. The number of aryl methyl sites for hydroxylation is 2. The van der Waals surface area contributed by atoms with E-state index in [4.69, 9.17) is 4.74 Å². The normalized spacial score (nSPS) is 10.6. The first-order valence-corrected chi connectivity index (χ1v) is 6.66. The van der Waals surface area contributed by atoms with Crippen LogP contribution in [0.2, 0.25) is 0 Å². The van der Waals surface area contributed by atoms with Crippen LogP contribution in [-0.4, -0.2) is 27.6 Å². The third-order valence-electron chi connectivity index (χ3n) is 3.28. The number of carbonyl (C=O) groups is 1. The van der Waals surface area contributed by atoms with Crippen LogP contribution in [0.5, 0.6) is 0 Å². The number of benzene rings is 1. The smallest absolute Gasteiger partial charge is 0.360 e. The van der Waals surface area contributed by atoms with Crippen molar-refractivity contribution in [2.24, 2.45) is 0 Å². The summed E-state index contributed by atoms with van der Waals surface area (Å²) in [4.78, 5) is 11.7. The molecule has 1 aromatic carbocycles. The zero-order valence-electron chi connectivity index (χ0n) is 12.3. The second-order valence-corrected chi connectivity index (χ2v) is 4.83. The molecule has 20 heavy (non-hydrogen) atoms. The summed E-state index contributed by atoms with van der Waals surface area (Å²) in [6, 6.07) is 6.29. The fourth-order valence-electron chi connectivity index (χ4n) is 2.03. The van der Waals surface area contributed by atoms with Gasteiger partial charge in [0.15, 0.2) is 5.69 Å². The third kappa shape index (κ3) is 2.87. The van der Waals surface area contributed by atoms with Crippen LogP contribution in [0.4, 0.5) is 0 Å². The number of aromatic nitrogens is 3. The van der Waals surface area contributed by atoms with E-state index in [1.54, 1.807) is 11.6 Å². The standard InChI is InChI=1S/C15H19N3O2/c1-5-20-15(19)14-12(4)18(17-16-14)9-13-8-10(2)6-7-11(13)3/h6-8H,5,9H2,1-4H3. The summed E-state index contributed by atoms with van der Waals surface area (Å²) in [7, 11) is 0. The van der Waals surface area contributed by atoms with Gasteiger partial charge in [-0.15, -0.1) is 5.10 Å². The van der Waals surface area contributed by atoms with E-state index in [9.17, 15) is 4.79 Å². The topological polar surface area (TPSA) is 57.0 Å². The molecule has 1 heterocycles. The minimum absolute atomic E-state index is 0.289. The first-order valence-electron chi connectivity index (χ1n) is 6.66. The maximum atomic E-state index is 11.7. The minimum Gasteiger partial charge on any atom is -0.461 e. The molecule has 0 fully saturated rings. The lowest BCUT2D eigenvalue weighted by Gasteiger charge is -2.08. The van der Waals surface area contributed by atoms with Gasteiger partial charge < -0.3 is 4.74 Å². The second-order valence-electron chi connectivity index (χ2n) is 4.83. The van der Waals surface area contributed by atoms with Crippen molar-refractivity contribution in [1.29, 1.82) is 0 Å². The van der Waals surface area contributed by atoms with Gasteiger partial charge in [-0.1, -0.05) is 29.0 Å².